The summed E-state index contributed by atoms with van der Waals surface area (Å²) in [4.78, 5) is 0. The highest BCUT2D eigenvalue weighted by Crippen LogP contribution is 2.33. The van der Waals surface area contributed by atoms with E-state index in [0.29, 0.717) is 11.8 Å². The molecular weight excluding hydrogens is 681 g/mol. The van der Waals surface area contributed by atoms with E-state index in [2.05, 4.69) is 206 Å². The minimum Gasteiger partial charge on any atom is -0.496 e. The van der Waals surface area contributed by atoms with E-state index in [1.165, 1.54) is 33.4 Å². The van der Waals surface area contributed by atoms with Gasteiger partial charge in [0.2, 0.25) is 0 Å². The van der Waals surface area contributed by atoms with E-state index in [1.54, 1.807) is 14.2 Å². The molecule has 2 nitrogen and oxygen atoms in total. The maximum atomic E-state index is 5.86. The predicted molar refractivity (Wildman–Crippen MR) is 236 cm³/mol. The van der Waals surface area contributed by atoms with Gasteiger partial charge in [-0.2, -0.15) is 0 Å². The molecule has 278 valence electrons. The van der Waals surface area contributed by atoms with Crippen LogP contribution in [0.5, 0.6) is 11.5 Å². The van der Waals surface area contributed by atoms with Crippen molar-refractivity contribution < 1.29 is 9.47 Å². The third-order valence-corrected chi connectivity index (χ3v) is 10.7. The number of methoxy groups -OCH3 is 2. The molecule has 0 amide bonds. The minimum absolute atomic E-state index is 0.367. The Morgan fingerprint density at radius 2 is 0.804 bits per heavy atom. The van der Waals surface area contributed by atoms with Crippen molar-refractivity contribution in [2.24, 2.45) is 0 Å². The largest absolute Gasteiger partial charge is 0.496 e. The second kappa shape index (κ2) is 19.3. The number of hydrogen-bond acceptors (Lipinski definition) is 2. The van der Waals surface area contributed by atoms with Crippen molar-refractivity contribution in [3.8, 4) is 11.5 Å². The van der Waals surface area contributed by atoms with Crippen molar-refractivity contribution in [3.05, 3.63) is 238 Å². The van der Waals surface area contributed by atoms with Crippen molar-refractivity contribution in [2.45, 2.75) is 37.5 Å². The summed E-state index contributed by atoms with van der Waals surface area (Å²) in [6, 6.07) is 65.3. The first-order chi connectivity index (χ1) is 27.6. The molecule has 0 aliphatic carbocycles. The fraction of sp³-hybridized carbons (Fsp3) is 0.148. The lowest BCUT2D eigenvalue weighted by molar-refractivity contribution is 0.401. The Bertz CT molecular complexity index is 2250. The van der Waals surface area contributed by atoms with Crippen LogP contribution in [-0.4, -0.2) is 14.2 Å². The number of rotatable bonds is 16. The van der Waals surface area contributed by atoms with Crippen molar-refractivity contribution in [1.29, 1.82) is 0 Å². The van der Waals surface area contributed by atoms with Crippen LogP contribution < -0.4 is 9.47 Å². The van der Waals surface area contributed by atoms with Gasteiger partial charge in [-0.15, -0.1) is 0 Å². The van der Waals surface area contributed by atoms with E-state index >= 15 is 0 Å². The first-order valence-electron chi connectivity index (χ1n) is 19.6. The quantitative estimate of drug-likeness (QED) is 0.0922. The van der Waals surface area contributed by atoms with Crippen LogP contribution >= 0.6 is 0 Å². The number of benzene rings is 7. The normalized spacial score (nSPS) is 12.0. The lowest BCUT2D eigenvalue weighted by atomic mass is 9.86. The van der Waals surface area contributed by atoms with E-state index in [0.717, 1.165) is 59.4 Å². The summed E-state index contributed by atoms with van der Waals surface area (Å²) in [6.07, 6.45) is 12.5. The first kappa shape index (κ1) is 37.9. The van der Waals surface area contributed by atoms with Gasteiger partial charge in [0.15, 0.2) is 0 Å². The van der Waals surface area contributed by atoms with Gasteiger partial charge < -0.3 is 9.47 Å². The Morgan fingerprint density at radius 1 is 0.411 bits per heavy atom. The van der Waals surface area contributed by atoms with E-state index in [9.17, 15) is 0 Å². The molecule has 0 heterocycles. The van der Waals surface area contributed by atoms with Crippen molar-refractivity contribution in [3.63, 3.8) is 0 Å². The van der Waals surface area contributed by atoms with Crippen molar-refractivity contribution in [1.82, 2.24) is 0 Å². The van der Waals surface area contributed by atoms with E-state index < -0.39 is 0 Å². The highest BCUT2D eigenvalue weighted by molar-refractivity contribution is 5.79. The number of ether oxygens (including phenoxy) is 2. The molecule has 0 saturated heterocycles. The van der Waals surface area contributed by atoms with Crippen molar-refractivity contribution >= 4 is 24.3 Å². The van der Waals surface area contributed by atoms with Gasteiger partial charge in [-0.3, -0.25) is 0 Å². The summed E-state index contributed by atoms with van der Waals surface area (Å²) in [5, 5.41) is 0. The molecule has 7 aromatic rings. The highest BCUT2D eigenvalue weighted by Gasteiger charge is 2.15. The van der Waals surface area contributed by atoms with Crippen LogP contribution in [-0.2, 0) is 19.3 Å². The van der Waals surface area contributed by atoms with Crippen molar-refractivity contribution in [2.75, 3.05) is 14.2 Å². The third kappa shape index (κ3) is 10.2. The molecule has 0 N–H and O–H groups in total. The van der Waals surface area contributed by atoms with Crippen LogP contribution in [0.1, 0.15) is 73.9 Å². The maximum absolute atomic E-state index is 5.86. The van der Waals surface area contributed by atoms with Gasteiger partial charge in [0, 0.05) is 17.0 Å². The summed E-state index contributed by atoms with van der Waals surface area (Å²) in [7, 11) is 3.44. The Morgan fingerprint density at radius 3 is 1.25 bits per heavy atom. The summed E-state index contributed by atoms with van der Waals surface area (Å²) in [5.41, 5.74) is 12.3. The SMILES string of the molecule is COc1cc(/C=C/c2ccc(CC(Cc3ccccc3)c3ccccc3)cc2)c(OC)cc1/C=C/c1ccc(CCC(c2ccccc2)c2ccccc2)cc1. The maximum Gasteiger partial charge on any atom is 0.126 e. The summed E-state index contributed by atoms with van der Waals surface area (Å²) in [5.74, 6) is 2.37. The third-order valence-electron chi connectivity index (χ3n) is 10.7. The molecule has 1 atom stereocenters. The van der Waals surface area contributed by atoms with E-state index in [4.69, 9.17) is 9.47 Å². The molecule has 1 unspecified atom stereocenters. The number of hydrogen-bond donors (Lipinski definition) is 0. The average Bonchev–Trinajstić information content (AvgIpc) is 3.27. The highest BCUT2D eigenvalue weighted by atomic mass is 16.5. The molecule has 0 saturated carbocycles. The van der Waals surface area contributed by atoms with Gasteiger partial charge in [0.25, 0.3) is 0 Å². The van der Waals surface area contributed by atoms with Gasteiger partial charge in [0.05, 0.1) is 14.2 Å². The fourth-order valence-electron chi connectivity index (χ4n) is 7.56. The topological polar surface area (TPSA) is 18.5 Å². The zero-order valence-corrected chi connectivity index (χ0v) is 32.4. The predicted octanol–water partition coefficient (Wildman–Crippen LogP) is 13.4. The molecule has 0 fully saturated rings. The van der Waals surface area contributed by atoms with Gasteiger partial charge in [0.1, 0.15) is 11.5 Å². The zero-order chi connectivity index (χ0) is 38.4. The second-order valence-corrected chi connectivity index (χ2v) is 14.4. The Labute approximate surface area is 333 Å². The van der Waals surface area contributed by atoms with Crippen LogP contribution in [0.2, 0.25) is 0 Å². The van der Waals surface area contributed by atoms with Crippen LogP contribution in [0.4, 0.5) is 0 Å². The molecule has 7 rings (SSSR count). The molecule has 0 aliphatic heterocycles. The van der Waals surface area contributed by atoms with Crippen LogP contribution in [0, 0.1) is 0 Å². The van der Waals surface area contributed by atoms with E-state index in [-0.39, 0.29) is 0 Å². The Balaban J connectivity index is 1.00. The Hall–Kier alpha value is -6.38. The number of aryl methyl sites for hydroxylation is 1. The second-order valence-electron chi connectivity index (χ2n) is 14.4. The molecule has 2 heteroatoms. The summed E-state index contributed by atoms with van der Waals surface area (Å²) in [6.45, 7) is 0. The summed E-state index contributed by atoms with van der Waals surface area (Å²) >= 11 is 0. The molecular formula is C54H50O2. The van der Waals surface area contributed by atoms with E-state index in [1.807, 2.05) is 0 Å². The minimum atomic E-state index is 0.367. The standard InChI is InChI=1S/C54H50O2/c1-55-53-40-50(35-32-42-27-29-45(30-28-42)38-51(46-17-9-4-10-18-46)37-44-15-7-3-8-16-44)54(56-2)39-49(53)34-31-41-23-25-43(26-24-41)33-36-52(47-19-11-5-12-20-47)48-21-13-6-14-22-48/h3-32,34-35,39-40,51-52H,33,36-38H2,1-2H3/b34-31+,35-32+. The smallest absolute Gasteiger partial charge is 0.126 e. The molecule has 0 bridgehead atoms. The van der Waals surface area contributed by atoms with Gasteiger partial charge in [-0.1, -0.05) is 194 Å². The van der Waals surface area contributed by atoms with Crippen LogP contribution in [0.15, 0.2) is 182 Å². The van der Waals surface area contributed by atoms with Gasteiger partial charge >= 0.3 is 0 Å². The first-order valence-corrected chi connectivity index (χ1v) is 19.6. The molecule has 7 aromatic carbocycles. The fourth-order valence-corrected chi connectivity index (χ4v) is 7.56. The van der Waals surface area contributed by atoms with Crippen LogP contribution in [0.25, 0.3) is 24.3 Å². The molecule has 0 radical (unpaired) electrons. The van der Waals surface area contributed by atoms with Crippen LogP contribution in [0.3, 0.4) is 0 Å². The summed E-state index contributed by atoms with van der Waals surface area (Å²) < 4.78 is 11.7. The molecule has 0 spiro atoms. The molecule has 0 aromatic heterocycles. The average molecular weight is 731 g/mol. The lowest BCUT2D eigenvalue weighted by Gasteiger charge is -2.18. The molecule has 56 heavy (non-hydrogen) atoms. The zero-order valence-electron chi connectivity index (χ0n) is 32.4. The Kier molecular flexibility index (Phi) is 13.1. The van der Waals surface area contributed by atoms with Gasteiger partial charge in [-0.05, 0) is 88.2 Å². The monoisotopic (exact) mass is 730 g/mol. The lowest BCUT2D eigenvalue weighted by Crippen LogP contribution is -2.07. The van der Waals surface area contributed by atoms with Gasteiger partial charge in [-0.25, -0.2) is 0 Å². The molecule has 0 aliphatic rings.